The minimum Gasteiger partial charge on any atom is -0.477 e. The molecule has 1 atom stereocenters. The molecule has 4 amide bonds. The molecule has 0 saturated carbocycles. The number of amides is 4. The summed E-state index contributed by atoms with van der Waals surface area (Å²) in [7, 11) is 6.59. The van der Waals surface area contributed by atoms with Gasteiger partial charge in [-0.2, -0.15) is 0 Å². The number of aromatic nitrogens is 5. The maximum absolute atomic E-state index is 13.2. The molecule has 0 aliphatic carbocycles. The van der Waals surface area contributed by atoms with Crippen LogP contribution in [0.3, 0.4) is 0 Å². The van der Waals surface area contributed by atoms with Gasteiger partial charge in [0.1, 0.15) is 28.4 Å². The van der Waals surface area contributed by atoms with E-state index < -0.39 is 23.3 Å². The van der Waals surface area contributed by atoms with E-state index in [1.807, 2.05) is 6.92 Å². The van der Waals surface area contributed by atoms with Crippen LogP contribution in [-0.4, -0.2) is 77.7 Å². The second-order valence-corrected chi connectivity index (χ2v) is 13.1. The van der Waals surface area contributed by atoms with Crippen LogP contribution in [0.4, 0.5) is 17.1 Å². The Labute approximate surface area is 316 Å². The van der Waals surface area contributed by atoms with Gasteiger partial charge in [-0.3, -0.25) is 29.3 Å². The van der Waals surface area contributed by atoms with Gasteiger partial charge in [-0.1, -0.05) is 6.58 Å². The lowest BCUT2D eigenvalue weighted by atomic mass is 9.95. The number of hydrogen-bond donors (Lipinski definition) is 6. The molecule has 7 N–H and O–H groups in total. The first-order chi connectivity index (χ1) is 25.0. The zero-order valence-corrected chi connectivity index (χ0v) is 31.4. The Morgan fingerprint density at radius 3 is 1.81 bits per heavy atom. The standard InChI is InChI=1S/C35H43N11O7.ClH/c1-20-16-35(2,53-34(20)51)9-7-11-52-29-15-27(46(6)42-29)33(50)41-23-14-26(45(5)19-23)32(49)40-22-13-25(44(4)18-22)31(48)39-21-12-24(43(3)17-21)30(47)38-10-8-28(36)37;/h12-15,17-19H,1,7-11,16H2,2-6H3,(H3,36,37)(H,38,47)(H,39,48)(H,40,49)(H,41,50);1H. The molecule has 1 aliphatic heterocycles. The van der Waals surface area contributed by atoms with Crippen molar-refractivity contribution < 1.29 is 33.4 Å². The van der Waals surface area contributed by atoms with Crippen LogP contribution in [0.2, 0.25) is 0 Å². The van der Waals surface area contributed by atoms with Gasteiger partial charge >= 0.3 is 5.97 Å². The van der Waals surface area contributed by atoms with Crippen molar-refractivity contribution in [3.8, 4) is 5.88 Å². The van der Waals surface area contributed by atoms with Crippen molar-refractivity contribution in [2.24, 2.45) is 33.9 Å². The highest BCUT2D eigenvalue weighted by atomic mass is 35.5. The monoisotopic (exact) mass is 765 g/mol. The zero-order valence-electron chi connectivity index (χ0n) is 30.6. The molecule has 5 heterocycles. The molecule has 4 aromatic heterocycles. The molecule has 5 rings (SSSR count). The van der Waals surface area contributed by atoms with Crippen molar-refractivity contribution in [1.29, 1.82) is 5.41 Å². The third kappa shape index (κ3) is 9.57. The van der Waals surface area contributed by atoms with E-state index >= 15 is 0 Å². The maximum atomic E-state index is 13.2. The molecule has 1 fully saturated rings. The Balaban J connectivity index is 0.00000650. The summed E-state index contributed by atoms with van der Waals surface area (Å²) in [5.74, 6) is -1.93. The Hall–Kier alpha value is -6.30. The quantitative estimate of drug-likeness (QED) is 0.0343. The maximum Gasteiger partial charge on any atom is 0.334 e. The zero-order chi connectivity index (χ0) is 38.6. The van der Waals surface area contributed by atoms with Crippen LogP contribution in [0.25, 0.3) is 0 Å². The molecule has 0 aromatic carbocycles. The predicted molar refractivity (Wildman–Crippen MR) is 202 cm³/mol. The van der Waals surface area contributed by atoms with E-state index in [2.05, 4.69) is 32.9 Å². The van der Waals surface area contributed by atoms with E-state index in [4.69, 9.17) is 20.6 Å². The van der Waals surface area contributed by atoms with Crippen molar-refractivity contribution in [3.63, 3.8) is 0 Å². The Morgan fingerprint density at radius 1 is 0.870 bits per heavy atom. The van der Waals surface area contributed by atoms with Crippen molar-refractivity contribution in [3.05, 3.63) is 77.8 Å². The summed E-state index contributed by atoms with van der Waals surface area (Å²) in [6, 6.07) is 6.07. The van der Waals surface area contributed by atoms with Crippen molar-refractivity contribution in [1.82, 2.24) is 28.8 Å². The van der Waals surface area contributed by atoms with Crippen LogP contribution in [0.5, 0.6) is 5.88 Å². The summed E-state index contributed by atoms with van der Waals surface area (Å²) in [6.45, 7) is 6.10. The van der Waals surface area contributed by atoms with Crippen LogP contribution >= 0.6 is 12.4 Å². The fourth-order valence-corrected chi connectivity index (χ4v) is 5.90. The molecule has 18 nitrogen and oxygen atoms in total. The highest BCUT2D eigenvalue weighted by Gasteiger charge is 2.38. The SMILES string of the molecule is C=C1CC(C)(CCCOc2cc(C(=O)Nc3cc(C(=O)Nc4cc(C(=O)Nc5cc(C(=O)NCCC(=N)N)n(C)c5)n(C)c4)n(C)c3)n(C)n2)OC1=O.Cl. The second kappa shape index (κ2) is 16.6. The summed E-state index contributed by atoms with van der Waals surface area (Å²) >= 11 is 0. The third-order valence-corrected chi connectivity index (χ3v) is 8.57. The largest absolute Gasteiger partial charge is 0.477 e. The van der Waals surface area contributed by atoms with Gasteiger partial charge in [-0.15, -0.1) is 17.5 Å². The highest BCUT2D eigenvalue weighted by molar-refractivity contribution is 6.08. The van der Waals surface area contributed by atoms with Gasteiger partial charge in [0, 0.05) is 77.8 Å². The first-order valence-corrected chi connectivity index (χ1v) is 16.6. The first kappa shape index (κ1) is 40.5. The van der Waals surface area contributed by atoms with E-state index in [-0.39, 0.29) is 66.0 Å². The fraction of sp³-hybridized carbons (Fsp3) is 0.343. The van der Waals surface area contributed by atoms with E-state index in [0.29, 0.717) is 54.2 Å². The topological polar surface area (TPSA) is 234 Å². The molecule has 1 saturated heterocycles. The number of carbonyl (C=O) groups is 5. The van der Waals surface area contributed by atoms with Gasteiger partial charge in [0.05, 0.1) is 29.5 Å². The number of amidine groups is 1. The molecule has 0 spiro atoms. The lowest BCUT2D eigenvalue weighted by Gasteiger charge is -2.21. The Kier molecular flexibility index (Phi) is 12.4. The number of cyclic esters (lactones) is 1. The van der Waals surface area contributed by atoms with Crippen LogP contribution < -0.4 is 31.7 Å². The van der Waals surface area contributed by atoms with Crippen molar-refractivity contribution >= 4 is 64.9 Å². The van der Waals surface area contributed by atoms with Gasteiger partial charge in [-0.25, -0.2) is 4.79 Å². The molecule has 4 aromatic rings. The summed E-state index contributed by atoms with van der Waals surface area (Å²) in [5, 5.41) is 22.5. The number of nitrogens with two attached hydrogens (primary N) is 1. The molecule has 19 heteroatoms. The van der Waals surface area contributed by atoms with E-state index in [1.54, 1.807) is 60.5 Å². The third-order valence-electron chi connectivity index (χ3n) is 8.57. The molecular weight excluding hydrogens is 722 g/mol. The number of carbonyl (C=O) groups excluding carboxylic acids is 5. The highest BCUT2D eigenvalue weighted by Crippen LogP contribution is 2.33. The molecule has 0 radical (unpaired) electrons. The van der Waals surface area contributed by atoms with Crippen LogP contribution in [0, 0.1) is 5.41 Å². The average molecular weight is 766 g/mol. The van der Waals surface area contributed by atoms with E-state index in [1.165, 1.54) is 28.9 Å². The lowest BCUT2D eigenvalue weighted by Crippen LogP contribution is -2.28. The molecular formula is C35H44ClN11O7. The number of rotatable bonds is 15. The number of esters is 1. The van der Waals surface area contributed by atoms with Gasteiger partial charge in [-0.05, 0) is 38.0 Å². The second-order valence-electron chi connectivity index (χ2n) is 13.1. The Bertz CT molecular complexity index is 2110. The number of aryl methyl sites for hydroxylation is 4. The van der Waals surface area contributed by atoms with Crippen LogP contribution in [-0.2, 0) is 37.7 Å². The number of nitrogens with one attached hydrogen (secondary N) is 5. The normalized spacial score (nSPS) is 14.9. The van der Waals surface area contributed by atoms with E-state index in [9.17, 15) is 24.0 Å². The first-order valence-electron chi connectivity index (χ1n) is 16.6. The number of anilines is 3. The van der Waals surface area contributed by atoms with Gasteiger partial charge in [0.25, 0.3) is 23.6 Å². The Morgan fingerprint density at radius 2 is 1.35 bits per heavy atom. The summed E-state index contributed by atoms with van der Waals surface area (Å²) in [4.78, 5) is 63.7. The van der Waals surface area contributed by atoms with Crippen molar-refractivity contribution in [2.75, 3.05) is 29.1 Å². The van der Waals surface area contributed by atoms with E-state index in [0.717, 1.165) is 0 Å². The average Bonchev–Trinajstić information content (AvgIpc) is 3.87. The number of nitrogens with zero attached hydrogens (tertiary/aromatic N) is 5. The predicted octanol–water partition coefficient (Wildman–Crippen LogP) is 3.09. The molecule has 288 valence electrons. The molecule has 1 unspecified atom stereocenters. The van der Waals surface area contributed by atoms with Gasteiger partial charge < -0.3 is 50.2 Å². The summed E-state index contributed by atoms with van der Waals surface area (Å²) in [5.41, 5.74) is 7.34. The van der Waals surface area contributed by atoms with Gasteiger partial charge in [0.15, 0.2) is 0 Å². The minimum absolute atomic E-state index is 0. The van der Waals surface area contributed by atoms with Crippen LogP contribution in [0.15, 0.2) is 55.0 Å². The molecule has 54 heavy (non-hydrogen) atoms. The number of ether oxygens (including phenoxy) is 2. The molecule has 0 bridgehead atoms. The smallest absolute Gasteiger partial charge is 0.334 e. The molecule has 1 aliphatic rings. The van der Waals surface area contributed by atoms with Gasteiger partial charge in [0.2, 0.25) is 5.88 Å². The minimum atomic E-state index is -0.602. The van der Waals surface area contributed by atoms with Crippen LogP contribution in [0.1, 0.15) is 74.6 Å². The summed E-state index contributed by atoms with van der Waals surface area (Å²) < 4.78 is 17.2. The summed E-state index contributed by atoms with van der Waals surface area (Å²) in [6.07, 6.45) is 6.65. The van der Waals surface area contributed by atoms with Crippen molar-refractivity contribution in [2.45, 2.75) is 38.2 Å². The number of halogens is 1. The number of hydrogen-bond acceptors (Lipinski definition) is 9. The fourth-order valence-electron chi connectivity index (χ4n) is 5.90. The lowest BCUT2D eigenvalue weighted by molar-refractivity contribution is -0.145.